The number of nitrogens with one attached hydrogen (secondary N) is 2. The Morgan fingerprint density at radius 2 is 1.83 bits per heavy atom. The fourth-order valence-electron chi connectivity index (χ4n) is 2.38. The molecule has 2 rings (SSSR count). The molecule has 0 aliphatic carbocycles. The highest BCUT2D eigenvalue weighted by atomic mass is 32.2. The average molecular weight is 348 g/mol. The summed E-state index contributed by atoms with van der Waals surface area (Å²) in [4.78, 5) is 13.3. The van der Waals surface area contributed by atoms with Crippen LogP contribution in [0.2, 0.25) is 0 Å². The number of hydrogen-bond acceptors (Lipinski definition) is 3. The molecule has 0 heterocycles. The minimum Gasteiger partial charge on any atom is -0.324 e. The number of likely N-dealkylation sites (N-methyl/N-ethyl adjacent to an activating group) is 1. The summed E-state index contributed by atoms with van der Waals surface area (Å²) in [6, 6.07) is 15.9. The first-order valence-electron chi connectivity index (χ1n) is 7.68. The number of carbonyl (C=O) groups excluding carboxylic acids is 1. The van der Waals surface area contributed by atoms with Gasteiger partial charge in [0.05, 0.1) is 11.4 Å². The van der Waals surface area contributed by atoms with Crippen LogP contribution in [0.25, 0.3) is 0 Å². The van der Waals surface area contributed by atoms with E-state index in [2.05, 4.69) is 5.32 Å². The molecule has 4 N–H and O–H groups in total. The molecular formula is C17H22N3O3S+. The van der Waals surface area contributed by atoms with Crippen LogP contribution in [0.15, 0.2) is 59.5 Å². The summed E-state index contributed by atoms with van der Waals surface area (Å²) in [6.45, 7) is 3.87. The molecule has 0 spiro atoms. The van der Waals surface area contributed by atoms with Crippen molar-refractivity contribution < 1.29 is 18.1 Å². The van der Waals surface area contributed by atoms with E-state index in [0.717, 1.165) is 18.0 Å². The van der Waals surface area contributed by atoms with Crippen LogP contribution in [0.1, 0.15) is 12.5 Å². The molecule has 0 aliphatic rings. The van der Waals surface area contributed by atoms with Crippen molar-refractivity contribution in [3.63, 3.8) is 0 Å². The van der Waals surface area contributed by atoms with E-state index in [1.807, 2.05) is 37.3 Å². The number of hydrogen-bond donors (Lipinski definition) is 3. The van der Waals surface area contributed by atoms with Gasteiger partial charge in [-0.15, -0.1) is 0 Å². The lowest BCUT2D eigenvalue weighted by atomic mass is 10.2. The zero-order valence-corrected chi connectivity index (χ0v) is 14.3. The lowest BCUT2D eigenvalue weighted by Gasteiger charge is -2.17. The van der Waals surface area contributed by atoms with Gasteiger partial charge in [0, 0.05) is 11.3 Å². The molecule has 1 atom stereocenters. The highest BCUT2D eigenvalue weighted by Gasteiger charge is 2.14. The minimum atomic E-state index is -3.79. The number of sulfonamides is 1. The van der Waals surface area contributed by atoms with Crippen molar-refractivity contribution in [2.45, 2.75) is 18.4 Å². The molecule has 0 saturated heterocycles. The third-order valence-corrected chi connectivity index (χ3v) is 4.56. The molecule has 0 saturated carbocycles. The van der Waals surface area contributed by atoms with Crippen molar-refractivity contribution in [2.24, 2.45) is 5.14 Å². The Balaban J connectivity index is 1.99. The van der Waals surface area contributed by atoms with Crippen LogP contribution < -0.4 is 15.4 Å². The first-order valence-corrected chi connectivity index (χ1v) is 9.23. The summed E-state index contributed by atoms with van der Waals surface area (Å²) in [7, 11) is -3.79. The summed E-state index contributed by atoms with van der Waals surface area (Å²) in [6.07, 6.45) is 0. The second-order valence-corrected chi connectivity index (χ2v) is 7.13. The predicted octanol–water partition coefficient (Wildman–Crippen LogP) is 0.378. The molecule has 1 unspecified atom stereocenters. The normalized spacial score (nSPS) is 12.6. The predicted molar refractivity (Wildman–Crippen MR) is 93.0 cm³/mol. The van der Waals surface area contributed by atoms with Gasteiger partial charge < -0.3 is 10.2 Å². The molecular weight excluding hydrogens is 326 g/mol. The molecule has 0 fully saturated rings. The summed E-state index contributed by atoms with van der Waals surface area (Å²) >= 11 is 0. The van der Waals surface area contributed by atoms with Gasteiger partial charge in [0.1, 0.15) is 6.54 Å². The summed E-state index contributed by atoms with van der Waals surface area (Å²) in [5.74, 6) is -0.172. The Labute approximate surface area is 142 Å². The monoisotopic (exact) mass is 348 g/mol. The fourth-order valence-corrected chi connectivity index (χ4v) is 2.94. The molecule has 0 radical (unpaired) electrons. The van der Waals surface area contributed by atoms with Crippen molar-refractivity contribution in [1.29, 1.82) is 0 Å². The van der Waals surface area contributed by atoms with Crippen molar-refractivity contribution >= 4 is 21.6 Å². The number of primary sulfonamides is 1. The van der Waals surface area contributed by atoms with Crippen molar-refractivity contribution in [2.75, 3.05) is 18.4 Å². The van der Waals surface area contributed by atoms with Crippen molar-refractivity contribution in [3.8, 4) is 0 Å². The van der Waals surface area contributed by atoms with Crippen LogP contribution in [-0.4, -0.2) is 27.4 Å². The molecule has 6 nitrogen and oxygen atoms in total. The van der Waals surface area contributed by atoms with Crippen LogP contribution in [-0.2, 0) is 21.4 Å². The maximum atomic E-state index is 12.2. The first kappa shape index (κ1) is 18.1. The maximum absolute atomic E-state index is 12.2. The quantitative estimate of drug-likeness (QED) is 0.675. The molecule has 24 heavy (non-hydrogen) atoms. The van der Waals surface area contributed by atoms with Gasteiger partial charge in [0.15, 0.2) is 6.54 Å². The molecule has 2 aromatic carbocycles. The first-order chi connectivity index (χ1) is 11.4. The van der Waals surface area contributed by atoms with Gasteiger partial charge in [0.25, 0.3) is 5.91 Å². The van der Waals surface area contributed by atoms with Crippen molar-refractivity contribution in [1.82, 2.24) is 0 Å². The molecule has 0 aliphatic heterocycles. The second kappa shape index (κ2) is 8.05. The number of anilines is 1. The molecule has 0 bridgehead atoms. The van der Waals surface area contributed by atoms with Gasteiger partial charge >= 0.3 is 0 Å². The van der Waals surface area contributed by atoms with Crippen LogP contribution >= 0.6 is 0 Å². The molecule has 2 aromatic rings. The lowest BCUT2D eigenvalue weighted by Crippen LogP contribution is -3.11. The topological polar surface area (TPSA) is 93.7 Å². The molecule has 128 valence electrons. The average Bonchev–Trinajstić information content (AvgIpc) is 2.54. The van der Waals surface area contributed by atoms with Crippen LogP contribution in [0.3, 0.4) is 0 Å². The number of rotatable bonds is 7. The zero-order chi connectivity index (χ0) is 17.6. The highest BCUT2D eigenvalue weighted by molar-refractivity contribution is 7.89. The van der Waals surface area contributed by atoms with E-state index in [1.165, 1.54) is 17.7 Å². The fraction of sp³-hybridized carbons (Fsp3) is 0.235. The highest BCUT2D eigenvalue weighted by Crippen LogP contribution is 2.13. The SMILES string of the molecule is CC[NH+](CC(=O)Nc1cccc(S(N)(=O)=O)c1)Cc1ccccc1. The van der Waals surface area contributed by atoms with Crippen molar-refractivity contribution in [3.05, 3.63) is 60.2 Å². The molecule has 1 amide bonds. The van der Waals surface area contributed by atoms with Gasteiger partial charge in [0.2, 0.25) is 10.0 Å². The van der Waals surface area contributed by atoms with E-state index >= 15 is 0 Å². The smallest absolute Gasteiger partial charge is 0.279 e. The Bertz CT molecular complexity index is 792. The number of quaternary nitrogens is 1. The molecule has 7 heteroatoms. The largest absolute Gasteiger partial charge is 0.324 e. The summed E-state index contributed by atoms with van der Waals surface area (Å²) in [5, 5.41) is 7.83. The minimum absolute atomic E-state index is 0.0238. The second-order valence-electron chi connectivity index (χ2n) is 5.56. The van der Waals surface area contributed by atoms with E-state index in [-0.39, 0.29) is 10.8 Å². The van der Waals surface area contributed by atoms with E-state index in [9.17, 15) is 13.2 Å². The summed E-state index contributed by atoms with van der Waals surface area (Å²) < 4.78 is 22.7. The number of benzene rings is 2. The van der Waals surface area contributed by atoms with Crippen LogP contribution in [0.5, 0.6) is 0 Å². The van der Waals surface area contributed by atoms with Gasteiger partial charge in [-0.05, 0) is 25.1 Å². The Morgan fingerprint density at radius 1 is 1.12 bits per heavy atom. The van der Waals surface area contributed by atoms with Gasteiger partial charge in [-0.2, -0.15) is 0 Å². The van der Waals surface area contributed by atoms with Gasteiger partial charge in [-0.1, -0.05) is 36.4 Å². The summed E-state index contributed by atoms with van der Waals surface area (Å²) in [5.41, 5.74) is 1.58. The number of amides is 1. The number of carbonyl (C=O) groups is 1. The lowest BCUT2D eigenvalue weighted by molar-refractivity contribution is -0.903. The van der Waals surface area contributed by atoms with Crippen LogP contribution in [0, 0.1) is 0 Å². The van der Waals surface area contributed by atoms with Crippen LogP contribution in [0.4, 0.5) is 5.69 Å². The zero-order valence-electron chi connectivity index (χ0n) is 13.5. The van der Waals surface area contributed by atoms with E-state index in [1.54, 1.807) is 12.1 Å². The molecule has 0 aromatic heterocycles. The van der Waals surface area contributed by atoms with Gasteiger partial charge in [-0.25, -0.2) is 13.6 Å². The third-order valence-electron chi connectivity index (χ3n) is 3.65. The van der Waals surface area contributed by atoms with Gasteiger partial charge in [-0.3, -0.25) is 4.79 Å². The Morgan fingerprint density at radius 3 is 2.46 bits per heavy atom. The van der Waals surface area contributed by atoms with E-state index in [0.29, 0.717) is 12.2 Å². The van der Waals surface area contributed by atoms with E-state index < -0.39 is 10.0 Å². The number of nitrogens with two attached hydrogens (primary N) is 1. The Hall–Kier alpha value is -2.22. The Kier molecular flexibility index (Phi) is 6.08. The maximum Gasteiger partial charge on any atom is 0.279 e. The standard InChI is InChI=1S/C17H21N3O3S/c1-2-20(12-14-7-4-3-5-8-14)13-17(21)19-15-9-6-10-16(11-15)24(18,22)23/h3-11H,2,12-13H2,1H3,(H,19,21)(H2,18,22,23)/p+1. The van der Waals surface area contributed by atoms with E-state index in [4.69, 9.17) is 5.14 Å². The third kappa shape index (κ3) is 5.45.